The number of aliphatic hydroxyl groups is 2. The molecule has 0 spiro atoms. The first-order valence-electron chi connectivity index (χ1n) is 13.2. The number of Topliss-reactive ketones (excluding diaryl/α,β-unsaturated/α-hetero) is 2. The third kappa shape index (κ3) is 3.98. The maximum Gasteiger partial charge on any atom is 0.254 e. The number of nitroso groups, excluding NO2 is 1. The highest BCUT2D eigenvalue weighted by molar-refractivity contribution is 6.28. The summed E-state index contributed by atoms with van der Waals surface area (Å²) in [6.45, 7) is 1.78. The summed E-state index contributed by atoms with van der Waals surface area (Å²) in [6, 6.07) is 9.74. The number of hydrogen-bond donors (Lipinski definition) is 4. The Bertz CT molecular complexity index is 1560. The summed E-state index contributed by atoms with van der Waals surface area (Å²) in [4.78, 5) is 55.2. The summed E-state index contributed by atoms with van der Waals surface area (Å²) >= 11 is 0. The van der Waals surface area contributed by atoms with Crippen LogP contribution in [0.25, 0.3) is 16.9 Å². The highest BCUT2D eigenvalue weighted by atomic mass is 16.3. The van der Waals surface area contributed by atoms with Crippen molar-refractivity contribution in [3.05, 3.63) is 69.3 Å². The molecule has 2 aromatic carbocycles. The van der Waals surface area contributed by atoms with Crippen LogP contribution in [0.15, 0.2) is 58.4 Å². The zero-order valence-corrected chi connectivity index (χ0v) is 23.3. The topological polar surface area (TPSA) is 174 Å². The molecule has 0 saturated heterocycles. The van der Waals surface area contributed by atoms with Crippen LogP contribution >= 0.6 is 0 Å². The molecule has 0 bridgehead atoms. The summed E-state index contributed by atoms with van der Waals surface area (Å²) in [5, 5.41) is 37.3. The number of aromatic hydroxyl groups is 1. The molecule has 5 rings (SSSR count). The molecule has 0 heterocycles. The van der Waals surface area contributed by atoms with E-state index in [9.17, 15) is 34.6 Å². The van der Waals surface area contributed by atoms with Gasteiger partial charge in [-0.3, -0.25) is 14.4 Å². The molecule has 3 aliphatic carbocycles. The highest BCUT2D eigenvalue weighted by Gasteiger charge is 2.61. The zero-order valence-electron chi connectivity index (χ0n) is 23.3. The van der Waals surface area contributed by atoms with Gasteiger partial charge in [-0.25, -0.2) is 0 Å². The third-order valence-electron chi connectivity index (χ3n) is 8.76. The number of phenols is 1. The molecule has 6 atom stereocenters. The van der Waals surface area contributed by atoms with Gasteiger partial charge in [0.25, 0.3) is 5.91 Å². The number of carbonyl (C=O) groups is 3. The van der Waals surface area contributed by atoms with E-state index < -0.39 is 70.3 Å². The molecule has 214 valence electrons. The SMILES string of the molecule is C[C@H]1c2c(-c3ccc(N(C)C)cc3)ccc(O)c2C(O)=C2C(=O)C3C(=O)C(C(N)=O)=C(N=O)[C@@H](N(C)C)[C@@H]3[C@@H](O)[C@@H]21. The fourth-order valence-corrected chi connectivity index (χ4v) is 6.98. The lowest BCUT2D eigenvalue weighted by Crippen LogP contribution is -2.61. The van der Waals surface area contributed by atoms with Crippen molar-refractivity contribution in [1.82, 2.24) is 4.90 Å². The molecule has 0 radical (unpaired) electrons. The van der Waals surface area contributed by atoms with Crippen LogP contribution in [0.5, 0.6) is 5.75 Å². The number of hydrogen-bond acceptors (Lipinski definition) is 10. The number of anilines is 1. The van der Waals surface area contributed by atoms with Crippen LogP contribution in [0.4, 0.5) is 5.69 Å². The second kappa shape index (κ2) is 9.93. The van der Waals surface area contributed by atoms with E-state index in [-0.39, 0.29) is 16.9 Å². The van der Waals surface area contributed by atoms with Crippen molar-refractivity contribution in [3.63, 3.8) is 0 Å². The molecule has 0 aromatic heterocycles. The lowest BCUT2D eigenvalue weighted by atomic mass is 9.55. The largest absolute Gasteiger partial charge is 0.507 e. The van der Waals surface area contributed by atoms with Crippen molar-refractivity contribution >= 4 is 28.9 Å². The number of phenolic OH excluding ortho intramolecular Hbond substituents is 1. The number of fused-ring (bicyclic) bond motifs is 3. The van der Waals surface area contributed by atoms with Gasteiger partial charge in [0.15, 0.2) is 11.6 Å². The smallest absolute Gasteiger partial charge is 0.254 e. The maximum atomic E-state index is 14.1. The van der Waals surface area contributed by atoms with Gasteiger partial charge in [-0.15, -0.1) is 4.91 Å². The number of likely N-dealkylation sites (N-methyl/N-ethyl adjacent to an activating group) is 1. The van der Waals surface area contributed by atoms with E-state index >= 15 is 0 Å². The minimum atomic E-state index is -1.59. The van der Waals surface area contributed by atoms with Crippen molar-refractivity contribution in [2.75, 3.05) is 33.1 Å². The average molecular weight is 561 g/mol. The Morgan fingerprint density at radius 3 is 2.15 bits per heavy atom. The quantitative estimate of drug-likeness (QED) is 0.243. The number of benzene rings is 2. The normalized spacial score (nSPS) is 27.4. The second-order valence-corrected chi connectivity index (χ2v) is 11.3. The van der Waals surface area contributed by atoms with Crippen molar-refractivity contribution in [3.8, 4) is 16.9 Å². The molecule has 1 saturated carbocycles. The van der Waals surface area contributed by atoms with E-state index in [2.05, 4.69) is 5.18 Å². The molecule has 2 aromatic rings. The standard InChI is InChI=1S/C30H32N4O7/c1-12-17-15(13-6-8-14(9-7-13)33(2)3)10-11-16(35)19(17)27(37)21-18(12)26(36)20-22(28(21)38)29(39)23(30(31)40)24(32-41)25(20)34(4)5/h6-12,18,20,22,25-26,35-37H,1-5H3,(H2,31,40)/t12-,18+,20+,22?,25-,26-/m0/s1. The second-order valence-electron chi connectivity index (χ2n) is 11.3. The van der Waals surface area contributed by atoms with Crippen LogP contribution in [0.2, 0.25) is 0 Å². The molecule has 1 amide bonds. The van der Waals surface area contributed by atoms with Gasteiger partial charge in [0.1, 0.15) is 22.8 Å². The molecular weight excluding hydrogens is 528 g/mol. The Labute approximate surface area is 236 Å². The molecule has 1 unspecified atom stereocenters. The van der Waals surface area contributed by atoms with Crippen LogP contribution in [0.3, 0.4) is 0 Å². The highest BCUT2D eigenvalue weighted by Crippen LogP contribution is 2.56. The summed E-state index contributed by atoms with van der Waals surface area (Å²) in [6.07, 6.45) is -1.41. The van der Waals surface area contributed by atoms with Gasteiger partial charge in [0, 0.05) is 37.2 Å². The lowest BCUT2D eigenvalue weighted by molar-refractivity contribution is -0.142. The van der Waals surface area contributed by atoms with Crippen LogP contribution in [-0.4, -0.2) is 78.0 Å². The van der Waals surface area contributed by atoms with Crippen molar-refractivity contribution in [2.45, 2.75) is 25.0 Å². The molecule has 5 N–H and O–H groups in total. The zero-order chi connectivity index (χ0) is 30.1. The number of rotatable bonds is 5. The Morgan fingerprint density at radius 2 is 1.61 bits per heavy atom. The van der Waals surface area contributed by atoms with E-state index in [1.807, 2.05) is 43.3 Å². The van der Waals surface area contributed by atoms with E-state index in [0.29, 0.717) is 11.1 Å². The maximum absolute atomic E-state index is 14.1. The molecule has 41 heavy (non-hydrogen) atoms. The molecule has 11 nitrogen and oxygen atoms in total. The first-order chi connectivity index (χ1) is 19.3. The number of primary amides is 1. The van der Waals surface area contributed by atoms with E-state index in [4.69, 9.17) is 5.73 Å². The van der Waals surface area contributed by atoms with Gasteiger partial charge in [-0.2, -0.15) is 0 Å². The number of aliphatic hydroxyl groups excluding tert-OH is 2. The number of amides is 1. The van der Waals surface area contributed by atoms with E-state index in [0.717, 1.165) is 11.3 Å². The van der Waals surface area contributed by atoms with Crippen LogP contribution in [0, 0.1) is 22.7 Å². The van der Waals surface area contributed by atoms with Gasteiger partial charge < -0.3 is 30.9 Å². The molecule has 1 fully saturated rings. The minimum absolute atomic E-state index is 0.0465. The van der Waals surface area contributed by atoms with E-state index in [1.165, 1.54) is 11.0 Å². The van der Waals surface area contributed by atoms with Crippen molar-refractivity contribution < 1.29 is 29.7 Å². The fraction of sp³-hybridized carbons (Fsp3) is 0.367. The minimum Gasteiger partial charge on any atom is -0.507 e. The fourth-order valence-electron chi connectivity index (χ4n) is 6.98. The Balaban J connectivity index is 1.74. The van der Waals surface area contributed by atoms with Crippen LogP contribution in [0.1, 0.15) is 24.0 Å². The van der Waals surface area contributed by atoms with Crippen LogP contribution in [-0.2, 0) is 14.4 Å². The van der Waals surface area contributed by atoms with Crippen molar-refractivity contribution in [2.24, 2.45) is 28.7 Å². The monoisotopic (exact) mass is 560 g/mol. The summed E-state index contributed by atoms with van der Waals surface area (Å²) < 4.78 is 0. The molecule has 0 aliphatic heterocycles. The summed E-state index contributed by atoms with van der Waals surface area (Å²) in [7, 11) is 6.99. The Hall–Kier alpha value is -4.35. The first-order valence-corrected chi connectivity index (χ1v) is 13.2. The van der Waals surface area contributed by atoms with Gasteiger partial charge in [0.05, 0.1) is 23.6 Å². The van der Waals surface area contributed by atoms with E-state index in [1.54, 1.807) is 27.1 Å². The summed E-state index contributed by atoms with van der Waals surface area (Å²) in [5.41, 5.74) is 7.16. The number of ketones is 2. The molecule has 11 heteroatoms. The van der Waals surface area contributed by atoms with Gasteiger partial charge in [-0.1, -0.05) is 25.1 Å². The summed E-state index contributed by atoms with van der Waals surface area (Å²) in [5.74, 6) is -8.15. The van der Waals surface area contributed by atoms with Gasteiger partial charge in [0.2, 0.25) is 0 Å². The molecular formula is C30H32N4O7. The lowest BCUT2D eigenvalue weighted by Gasteiger charge is -2.50. The number of nitrogens with two attached hydrogens (primary N) is 1. The third-order valence-corrected chi connectivity index (χ3v) is 8.76. The Kier molecular flexibility index (Phi) is 6.83. The van der Waals surface area contributed by atoms with Crippen LogP contribution < -0.4 is 10.6 Å². The predicted octanol–water partition coefficient (Wildman–Crippen LogP) is 2.32. The first kappa shape index (κ1) is 28.2. The van der Waals surface area contributed by atoms with Crippen molar-refractivity contribution in [1.29, 1.82) is 0 Å². The predicted molar refractivity (Wildman–Crippen MR) is 152 cm³/mol. The van der Waals surface area contributed by atoms with Gasteiger partial charge >= 0.3 is 0 Å². The Morgan fingerprint density at radius 1 is 0.976 bits per heavy atom. The average Bonchev–Trinajstić information content (AvgIpc) is 2.92. The number of carbonyl (C=O) groups excluding carboxylic acids is 3. The number of nitrogens with zero attached hydrogens (tertiary/aromatic N) is 3. The van der Waals surface area contributed by atoms with Gasteiger partial charge in [-0.05, 0) is 60.1 Å². The molecule has 3 aliphatic rings.